The van der Waals surface area contributed by atoms with Crippen LogP contribution in [-0.4, -0.2) is 18.2 Å². The average Bonchev–Trinajstić information content (AvgIpc) is 2.22. The van der Waals surface area contributed by atoms with Crippen molar-refractivity contribution in [1.82, 2.24) is 5.32 Å². The molecule has 0 aromatic carbocycles. The molecule has 0 aromatic heterocycles. The summed E-state index contributed by atoms with van der Waals surface area (Å²) in [5, 5.41) is 10.2. The third-order valence-electron chi connectivity index (χ3n) is 2.11. The van der Waals surface area contributed by atoms with Crippen LogP contribution in [0.5, 0.6) is 0 Å². The molecule has 0 rings (SSSR count). The highest BCUT2D eigenvalue weighted by Gasteiger charge is 2.01. The first-order valence-corrected chi connectivity index (χ1v) is 6.06. The van der Waals surface area contributed by atoms with Crippen molar-refractivity contribution in [3.05, 3.63) is 11.1 Å². The third kappa shape index (κ3) is 8.36. The van der Waals surface area contributed by atoms with Gasteiger partial charge in [-0.3, -0.25) is 4.79 Å². The Bertz CT molecular complexity index is 239. The summed E-state index contributed by atoms with van der Waals surface area (Å²) in [6.07, 6.45) is 4.79. The number of nitrogens with one attached hydrogen (secondary N) is 2. The zero-order valence-corrected chi connectivity index (χ0v) is 10.8. The SMILES string of the molecule is C=C(Br)C(=O)NCCCCCC(=N)CC. The molecule has 0 radical (unpaired) electrons. The van der Waals surface area contributed by atoms with Crippen molar-refractivity contribution >= 4 is 27.5 Å². The fourth-order valence-corrected chi connectivity index (χ4v) is 1.25. The number of unbranched alkanes of at least 4 members (excludes halogenated alkanes) is 2. The van der Waals surface area contributed by atoms with Crippen molar-refractivity contribution in [1.29, 1.82) is 5.41 Å². The van der Waals surface area contributed by atoms with Crippen LogP contribution in [0, 0.1) is 5.41 Å². The highest BCUT2D eigenvalue weighted by molar-refractivity contribution is 9.12. The van der Waals surface area contributed by atoms with Gasteiger partial charge >= 0.3 is 0 Å². The van der Waals surface area contributed by atoms with Gasteiger partial charge in [-0.15, -0.1) is 0 Å². The van der Waals surface area contributed by atoms with E-state index in [0.29, 0.717) is 11.0 Å². The molecule has 0 bridgehead atoms. The average molecular weight is 275 g/mol. The number of carbonyl (C=O) groups is 1. The summed E-state index contributed by atoms with van der Waals surface area (Å²) in [5.41, 5.74) is 0.813. The monoisotopic (exact) mass is 274 g/mol. The van der Waals surface area contributed by atoms with E-state index in [9.17, 15) is 4.79 Å². The lowest BCUT2D eigenvalue weighted by molar-refractivity contribution is -0.116. The van der Waals surface area contributed by atoms with Crippen LogP contribution >= 0.6 is 15.9 Å². The first-order valence-electron chi connectivity index (χ1n) is 5.26. The first kappa shape index (κ1) is 14.4. The lowest BCUT2D eigenvalue weighted by Crippen LogP contribution is -2.23. The Hall–Kier alpha value is -0.640. The molecule has 0 atom stereocenters. The van der Waals surface area contributed by atoms with Crippen LogP contribution in [0.15, 0.2) is 11.1 Å². The molecular weight excluding hydrogens is 256 g/mol. The van der Waals surface area contributed by atoms with E-state index < -0.39 is 0 Å². The van der Waals surface area contributed by atoms with Gasteiger partial charge in [0.1, 0.15) is 0 Å². The maximum absolute atomic E-state index is 11.0. The predicted molar refractivity (Wildman–Crippen MR) is 67.6 cm³/mol. The van der Waals surface area contributed by atoms with E-state index in [0.717, 1.165) is 37.8 Å². The fraction of sp³-hybridized carbons (Fsp3) is 0.636. The van der Waals surface area contributed by atoms with Crippen LogP contribution < -0.4 is 5.32 Å². The fourth-order valence-electron chi connectivity index (χ4n) is 1.11. The molecule has 1 amide bonds. The van der Waals surface area contributed by atoms with Crippen molar-refractivity contribution in [3.63, 3.8) is 0 Å². The predicted octanol–water partition coefficient (Wildman–Crippen LogP) is 3.00. The van der Waals surface area contributed by atoms with Gasteiger partial charge in [0.05, 0.1) is 4.48 Å². The molecule has 0 fully saturated rings. The Kier molecular flexibility index (Phi) is 8.28. The van der Waals surface area contributed by atoms with Gasteiger partial charge in [0.2, 0.25) is 0 Å². The highest BCUT2D eigenvalue weighted by atomic mass is 79.9. The van der Waals surface area contributed by atoms with Crippen LogP contribution in [-0.2, 0) is 4.79 Å². The molecule has 15 heavy (non-hydrogen) atoms. The topological polar surface area (TPSA) is 53.0 Å². The summed E-state index contributed by atoms with van der Waals surface area (Å²) >= 11 is 3.02. The second-order valence-corrected chi connectivity index (χ2v) is 4.39. The van der Waals surface area contributed by atoms with E-state index in [1.807, 2.05) is 6.92 Å². The molecule has 0 aliphatic rings. The molecule has 2 N–H and O–H groups in total. The van der Waals surface area contributed by atoms with Crippen molar-refractivity contribution in [2.24, 2.45) is 0 Å². The number of hydrogen-bond acceptors (Lipinski definition) is 2. The molecule has 0 spiro atoms. The molecule has 0 saturated carbocycles. The lowest BCUT2D eigenvalue weighted by Gasteiger charge is -2.04. The van der Waals surface area contributed by atoms with Gasteiger partial charge in [-0.05, 0) is 41.6 Å². The summed E-state index contributed by atoms with van der Waals surface area (Å²) in [7, 11) is 0. The summed E-state index contributed by atoms with van der Waals surface area (Å²) in [4.78, 5) is 11.0. The van der Waals surface area contributed by atoms with Gasteiger partial charge in [-0.2, -0.15) is 0 Å². The summed E-state index contributed by atoms with van der Waals surface area (Å²) in [6, 6.07) is 0. The van der Waals surface area contributed by atoms with Gasteiger partial charge in [0.25, 0.3) is 5.91 Å². The minimum atomic E-state index is -0.142. The second kappa shape index (κ2) is 8.65. The van der Waals surface area contributed by atoms with Gasteiger partial charge in [0.15, 0.2) is 0 Å². The minimum Gasteiger partial charge on any atom is -0.352 e. The Morgan fingerprint density at radius 1 is 1.40 bits per heavy atom. The second-order valence-electron chi connectivity index (χ2n) is 3.43. The maximum atomic E-state index is 11.0. The molecule has 0 aliphatic heterocycles. The van der Waals surface area contributed by atoms with Crippen molar-refractivity contribution in [3.8, 4) is 0 Å². The number of halogens is 1. The van der Waals surface area contributed by atoms with Crippen molar-refractivity contribution < 1.29 is 4.79 Å². The Morgan fingerprint density at radius 2 is 2.07 bits per heavy atom. The molecule has 0 aliphatic carbocycles. The quantitative estimate of drug-likeness (QED) is 0.399. The normalized spacial score (nSPS) is 9.73. The highest BCUT2D eigenvalue weighted by Crippen LogP contribution is 2.03. The lowest BCUT2D eigenvalue weighted by atomic mass is 10.1. The first-order chi connectivity index (χ1) is 7.07. The summed E-state index contributed by atoms with van der Waals surface area (Å²) < 4.78 is 0.371. The van der Waals surface area contributed by atoms with Crippen molar-refractivity contribution in [2.45, 2.75) is 39.0 Å². The number of amides is 1. The molecule has 4 heteroatoms. The van der Waals surface area contributed by atoms with Crippen LogP contribution in [0.25, 0.3) is 0 Å². The van der Waals surface area contributed by atoms with E-state index in [1.165, 1.54) is 0 Å². The third-order valence-corrected chi connectivity index (χ3v) is 2.47. The van der Waals surface area contributed by atoms with E-state index in [1.54, 1.807) is 0 Å². The minimum absolute atomic E-state index is 0.142. The van der Waals surface area contributed by atoms with Crippen LogP contribution in [0.2, 0.25) is 0 Å². The Balaban J connectivity index is 3.29. The number of carbonyl (C=O) groups excluding carboxylic acids is 1. The van der Waals surface area contributed by atoms with E-state index in [4.69, 9.17) is 5.41 Å². The van der Waals surface area contributed by atoms with Gasteiger partial charge in [0, 0.05) is 12.3 Å². The van der Waals surface area contributed by atoms with Crippen molar-refractivity contribution in [2.75, 3.05) is 6.54 Å². The molecule has 0 saturated heterocycles. The van der Waals surface area contributed by atoms with Gasteiger partial charge in [-0.1, -0.05) is 19.9 Å². The van der Waals surface area contributed by atoms with Gasteiger partial charge in [-0.25, -0.2) is 0 Å². The molecule has 0 unspecified atom stereocenters. The zero-order valence-electron chi connectivity index (χ0n) is 9.24. The molecular formula is C11H19BrN2O. The van der Waals surface area contributed by atoms with Crippen LogP contribution in [0.3, 0.4) is 0 Å². The number of rotatable bonds is 8. The molecule has 86 valence electrons. The number of hydrogen-bond donors (Lipinski definition) is 2. The standard InChI is InChI=1S/C11H19BrN2O/c1-3-10(13)7-5-4-6-8-14-11(15)9(2)12/h13H,2-8H2,1H3,(H,14,15). The zero-order chi connectivity index (χ0) is 11.7. The van der Waals surface area contributed by atoms with Crippen LogP contribution in [0.4, 0.5) is 0 Å². The molecule has 3 nitrogen and oxygen atoms in total. The Labute approximate surface area is 100.0 Å². The maximum Gasteiger partial charge on any atom is 0.257 e. The smallest absolute Gasteiger partial charge is 0.257 e. The largest absolute Gasteiger partial charge is 0.352 e. The Morgan fingerprint density at radius 3 is 2.60 bits per heavy atom. The van der Waals surface area contributed by atoms with E-state index in [2.05, 4.69) is 27.8 Å². The van der Waals surface area contributed by atoms with Gasteiger partial charge < -0.3 is 10.7 Å². The summed E-state index contributed by atoms with van der Waals surface area (Å²) in [5.74, 6) is -0.142. The van der Waals surface area contributed by atoms with E-state index in [-0.39, 0.29) is 5.91 Å². The van der Waals surface area contributed by atoms with E-state index >= 15 is 0 Å². The molecule has 0 heterocycles. The summed E-state index contributed by atoms with van der Waals surface area (Å²) in [6.45, 7) is 6.17. The molecule has 0 aromatic rings. The van der Waals surface area contributed by atoms with Crippen LogP contribution in [0.1, 0.15) is 39.0 Å².